The summed E-state index contributed by atoms with van der Waals surface area (Å²) >= 11 is 0. The molecule has 0 atom stereocenters. The lowest BCUT2D eigenvalue weighted by Crippen LogP contribution is -2.22. The van der Waals surface area contributed by atoms with E-state index in [4.69, 9.17) is 8.48 Å². The summed E-state index contributed by atoms with van der Waals surface area (Å²) in [5.41, 5.74) is 8.85. The van der Waals surface area contributed by atoms with E-state index in [0.717, 1.165) is 5.56 Å². The van der Waals surface area contributed by atoms with Crippen LogP contribution < -0.4 is 10.6 Å². The second-order valence-electron chi connectivity index (χ2n) is 3.80. The third-order valence-electron chi connectivity index (χ3n) is 2.65. The van der Waals surface area contributed by atoms with Gasteiger partial charge in [-0.3, -0.25) is 0 Å². The Morgan fingerprint density at radius 3 is 3.00 bits per heavy atom. The minimum Gasteiger partial charge on any atom is -0.397 e. The molecule has 1 aliphatic heterocycles. The number of hydrogen-bond donors (Lipinski definition) is 1. The molecule has 0 unspecified atom stereocenters. The number of para-hydroxylation sites is 1. The molecule has 82 valence electrons. The standard InChI is InChI=1S/C11H13N5/c1-15-6-9-10(14-16(2)13-9)7-4-3-5-8(12)11(7)15/h3-5H,6,12H2,1-2H3/i6D2. The van der Waals surface area contributed by atoms with Gasteiger partial charge in [-0.15, -0.1) is 0 Å². The number of nitrogen functional groups attached to an aromatic ring is 1. The number of rotatable bonds is 0. The van der Waals surface area contributed by atoms with Crippen molar-refractivity contribution < 1.29 is 2.74 Å². The highest BCUT2D eigenvalue weighted by atomic mass is 15.5. The van der Waals surface area contributed by atoms with E-state index in [1.54, 1.807) is 20.2 Å². The molecule has 0 aliphatic carbocycles. The first-order chi connectivity index (χ1) is 8.43. The predicted octanol–water partition coefficient (Wildman–Crippen LogP) is 1.01. The van der Waals surface area contributed by atoms with Crippen LogP contribution in [-0.4, -0.2) is 22.0 Å². The molecule has 3 rings (SSSR count). The lowest BCUT2D eigenvalue weighted by Gasteiger charge is -2.27. The highest BCUT2D eigenvalue weighted by molar-refractivity contribution is 5.88. The summed E-state index contributed by atoms with van der Waals surface area (Å²) in [7, 11) is 3.35. The first-order valence-electron chi connectivity index (χ1n) is 5.97. The van der Waals surface area contributed by atoms with Crippen molar-refractivity contribution in [3.63, 3.8) is 0 Å². The summed E-state index contributed by atoms with van der Waals surface area (Å²) in [6, 6.07) is 5.47. The molecule has 0 saturated heterocycles. The van der Waals surface area contributed by atoms with Crippen molar-refractivity contribution in [3.8, 4) is 11.3 Å². The van der Waals surface area contributed by atoms with Crippen molar-refractivity contribution >= 4 is 11.4 Å². The molecule has 1 aliphatic rings. The molecule has 16 heavy (non-hydrogen) atoms. The Hall–Kier alpha value is -2.04. The van der Waals surface area contributed by atoms with Gasteiger partial charge in [-0.1, -0.05) is 12.1 Å². The maximum Gasteiger partial charge on any atom is 0.120 e. The molecule has 0 radical (unpaired) electrons. The van der Waals surface area contributed by atoms with E-state index in [9.17, 15) is 0 Å². The van der Waals surface area contributed by atoms with E-state index in [2.05, 4.69) is 10.2 Å². The van der Waals surface area contributed by atoms with Crippen LogP contribution in [0.4, 0.5) is 11.4 Å². The Balaban J connectivity index is 2.40. The second kappa shape index (κ2) is 2.98. The molecule has 2 heterocycles. The van der Waals surface area contributed by atoms with Crippen LogP contribution in [0.25, 0.3) is 11.3 Å². The Bertz CT molecular complexity index is 634. The molecule has 2 aromatic rings. The van der Waals surface area contributed by atoms with Gasteiger partial charge in [0.2, 0.25) is 0 Å². The van der Waals surface area contributed by atoms with Crippen LogP contribution in [0.5, 0.6) is 0 Å². The van der Waals surface area contributed by atoms with E-state index in [1.807, 2.05) is 12.1 Å². The molecule has 1 aromatic heterocycles. The van der Waals surface area contributed by atoms with Crippen molar-refractivity contribution in [2.45, 2.75) is 6.50 Å². The largest absolute Gasteiger partial charge is 0.397 e. The van der Waals surface area contributed by atoms with Crippen LogP contribution in [0.3, 0.4) is 0 Å². The minimum atomic E-state index is -1.72. The Morgan fingerprint density at radius 1 is 1.38 bits per heavy atom. The highest BCUT2D eigenvalue weighted by Gasteiger charge is 2.25. The van der Waals surface area contributed by atoms with E-state index >= 15 is 0 Å². The zero-order chi connectivity index (χ0) is 13.1. The van der Waals surface area contributed by atoms with E-state index < -0.39 is 6.50 Å². The second-order valence-corrected chi connectivity index (χ2v) is 3.80. The fourth-order valence-corrected chi connectivity index (χ4v) is 2.00. The summed E-state index contributed by atoms with van der Waals surface area (Å²) < 4.78 is 16.4. The Morgan fingerprint density at radius 2 is 2.19 bits per heavy atom. The van der Waals surface area contributed by atoms with E-state index in [-0.39, 0.29) is 0 Å². The monoisotopic (exact) mass is 217 g/mol. The molecule has 0 bridgehead atoms. The van der Waals surface area contributed by atoms with Crippen molar-refractivity contribution in [2.75, 3.05) is 17.7 Å². The molecule has 0 fully saturated rings. The zero-order valence-corrected chi connectivity index (χ0v) is 9.10. The molecule has 0 spiro atoms. The first kappa shape index (κ1) is 7.27. The maximum absolute atomic E-state index is 8.18. The van der Waals surface area contributed by atoms with Crippen LogP contribution in [0.1, 0.15) is 8.44 Å². The molecule has 2 N–H and O–H groups in total. The Kier molecular flexibility index (Phi) is 1.35. The predicted molar refractivity (Wildman–Crippen MR) is 63.0 cm³/mol. The molecular weight excluding hydrogens is 202 g/mol. The first-order valence-corrected chi connectivity index (χ1v) is 4.97. The van der Waals surface area contributed by atoms with Crippen LogP contribution in [0.15, 0.2) is 18.2 Å². The van der Waals surface area contributed by atoms with Gasteiger partial charge < -0.3 is 10.6 Å². The zero-order valence-electron chi connectivity index (χ0n) is 11.1. The van der Waals surface area contributed by atoms with Gasteiger partial charge in [0.15, 0.2) is 0 Å². The summed E-state index contributed by atoms with van der Waals surface area (Å²) in [4.78, 5) is 2.89. The number of nitrogens with zero attached hydrogens (tertiary/aromatic N) is 4. The molecule has 0 amide bonds. The van der Waals surface area contributed by atoms with Crippen molar-refractivity contribution in [2.24, 2.45) is 7.05 Å². The number of aromatic nitrogens is 3. The molecular formula is C11H13N5. The molecule has 5 nitrogen and oxygen atoms in total. The molecule has 1 aromatic carbocycles. The summed E-state index contributed by atoms with van der Waals surface area (Å²) in [5, 5.41) is 8.38. The number of hydrogen-bond acceptors (Lipinski definition) is 4. The fourth-order valence-electron chi connectivity index (χ4n) is 2.00. The van der Waals surface area contributed by atoms with Gasteiger partial charge in [-0.05, 0) is 6.07 Å². The normalized spacial score (nSPS) is 18.5. The topological polar surface area (TPSA) is 60.0 Å². The van der Waals surface area contributed by atoms with Gasteiger partial charge in [-0.25, -0.2) is 0 Å². The summed E-state index contributed by atoms with van der Waals surface area (Å²) in [5.74, 6) is 0. The van der Waals surface area contributed by atoms with Gasteiger partial charge in [-0.2, -0.15) is 15.0 Å². The minimum absolute atomic E-state index is 0.325. The van der Waals surface area contributed by atoms with Gasteiger partial charge in [0.25, 0.3) is 0 Å². The third-order valence-corrected chi connectivity index (χ3v) is 2.65. The van der Waals surface area contributed by atoms with Crippen molar-refractivity contribution in [3.05, 3.63) is 23.9 Å². The van der Waals surface area contributed by atoms with Gasteiger partial charge in [0.05, 0.1) is 20.6 Å². The van der Waals surface area contributed by atoms with Gasteiger partial charge in [0, 0.05) is 19.7 Å². The summed E-state index contributed by atoms with van der Waals surface area (Å²) in [6.07, 6.45) is 0. The lowest BCUT2D eigenvalue weighted by molar-refractivity contribution is 0.645. The Labute approximate surface area is 96.3 Å². The number of fused-ring (bicyclic) bond motifs is 3. The smallest absolute Gasteiger partial charge is 0.120 e. The average molecular weight is 217 g/mol. The van der Waals surface area contributed by atoms with Gasteiger partial charge >= 0.3 is 0 Å². The number of anilines is 2. The van der Waals surface area contributed by atoms with Crippen LogP contribution in [0, 0.1) is 0 Å². The maximum atomic E-state index is 8.18. The number of aryl methyl sites for hydroxylation is 1. The lowest BCUT2D eigenvalue weighted by atomic mass is 10.0. The van der Waals surface area contributed by atoms with Crippen molar-refractivity contribution in [1.82, 2.24) is 15.0 Å². The van der Waals surface area contributed by atoms with E-state index in [0.29, 0.717) is 22.8 Å². The molecule has 0 saturated carbocycles. The van der Waals surface area contributed by atoms with Gasteiger partial charge in [0.1, 0.15) is 11.4 Å². The quantitative estimate of drug-likeness (QED) is 0.669. The van der Waals surface area contributed by atoms with Crippen molar-refractivity contribution in [1.29, 1.82) is 0 Å². The third kappa shape index (κ3) is 1.11. The molecule has 5 heteroatoms. The fraction of sp³-hybridized carbons (Fsp3) is 0.273. The van der Waals surface area contributed by atoms with Crippen LogP contribution in [0.2, 0.25) is 0 Å². The van der Waals surface area contributed by atoms with Crippen LogP contribution in [-0.2, 0) is 13.5 Å². The van der Waals surface area contributed by atoms with E-state index in [1.165, 1.54) is 9.70 Å². The number of benzene rings is 1. The number of nitrogens with two attached hydrogens (primary N) is 1. The highest BCUT2D eigenvalue weighted by Crippen LogP contribution is 2.39. The SMILES string of the molecule is [2H]C1([2H])c2nn(C)nc2-c2cccc(N)c2N1C. The average Bonchev–Trinajstić information content (AvgIpc) is 2.69. The van der Waals surface area contributed by atoms with Crippen LogP contribution >= 0.6 is 0 Å². The summed E-state index contributed by atoms with van der Waals surface area (Å²) in [6.45, 7) is -1.72.